The molecule has 0 unspecified atom stereocenters. The van der Waals surface area contributed by atoms with Crippen LogP contribution in [0.2, 0.25) is 0 Å². The van der Waals surface area contributed by atoms with E-state index in [1.54, 1.807) is 18.5 Å². The molecular formula is C20H22FN5O. The predicted octanol–water partition coefficient (Wildman–Crippen LogP) is 3.06. The van der Waals surface area contributed by atoms with Crippen molar-refractivity contribution in [2.45, 2.75) is 32.4 Å². The Labute approximate surface area is 157 Å². The van der Waals surface area contributed by atoms with Crippen molar-refractivity contribution >= 4 is 0 Å². The van der Waals surface area contributed by atoms with E-state index in [0.29, 0.717) is 17.9 Å². The first-order valence-electron chi connectivity index (χ1n) is 9.09. The van der Waals surface area contributed by atoms with Crippen LogP contribution in [0, 0.1) is 5.82 Å². The molecule has 0 amide bonds. The molecule has 3 aromatic rings. The van der Waals surface area contributed by atoms with Crippen LogP contribution in [0.4, 0.5) is 4.39 Å². The topological polar surface area (TPSA) is 66.9 Å². The second kappa shape index (κ2) is 7.44. The van der Waals surface area contributed by atoms with Crippen molar-refractivity contribution in [1.82, 2.24) is 24.8 Å². The van der Waals surface area contributed by atoms with E-state index in [4.69, 9.17) is 4.74 Å². The third kappa shape index (κ3) is 3.42. The van der Waals surface area contributed by atoms with Gasteiger partial charge in [0.15, 0.2) is 0 Å². The van der Waals surface area contributed by atoms with Crippen molar-refractivity contribution in [3.05, 3.63) is 71.1 Å². The number of aromatic nitrogens is 4. The average molecular weight is 367 g/mol. The standard InChI is InChI=1S/C20H22FN5O/c1-3-18-22-9-13(10-23-18)11-26-7-6-17-19(25-12-24-17)20(26)15-5-4-14(27-2)8-16(15)21/h4-5,8-10,12,20H,3,6-7,11H2,1-2H3,(H,24,25)/t20-/m0/s1. The van der Waals surface area contributed by atoms with Gasteiger partial charge >= 0.3 is 0 Å². The Morgan fingerprint density at radius 2 is 2.07 bits per heavy atom. The summed E-state index contributed by atoms with van der Waals surface area (Å²) in [5.41, 5.74) is 3.53. The Bertz CT molecular complexity index is 924. The van der Waals surface area contributed by atoms with Gasteiger partial charge in [-0.25, -0.2) is 19.3 Å². The van der Waals surface area contributed by atoms with E-state index in [0.717, 1.165) is 42.2 Å². The van der Waals surface area contributed by atoms with Gasteiger partial charge in [0.2, 0.25) is 0 Å². The molecule has 1 N–H and O–H groups in total. The minimum atomic E-state index is -0.294. The van der Waals surface area contributed by atoms with Crippen molar-refractivity contribution in [1.29, 1.82) is 0 Å². The Kier molecular flexibility index (Phi) is 4.85. The van der Waals surface area contributed by atoms with E-state index in [9.17, 15) is 4.39 Å². The summed E-state index contributed by atoms with van der Waals surface area (Å²) >= 11 is 0. The van der Waals surface area contributed by atoms with Crippen LogP contribution in [0.3, 0.4) is 0 Å². The number of methoxy groups -OCH3 is 1. The number of hydrogen-bond acceptors (Lipinski definition) is 5. The summed E-state index contributed by atoms with van der Waals surface area (Å²) in [5.74, 6) is 1.03. The van der Waals surface area contributed by atoms with Gasteiger partial charge in [-0.1, -0.05) is 13.0 Å². The summed E-state index contributed by atoms with van der Waals surface area (Å²) in [7, 11) is 1.53. The number of fused-ring (bicyclic) bond motifs is 1. The molecule has 4 rings (SSSR count). The molecule has 6 nitrogen and oxygen atoms in total. The molecule has 1 aliphatic rings. The van der Waals surface area contributed by atoms with Crippen LogP contribution in [0.25, 0.3) is 0 Å². The highest BCUT2D eigenvalue weighted by Crippen LogP contribution is 2.36. The highest BCUT2D eigenvalue weighted by Gasteiger charge is 2.33. The Morgan fingerprint density at radius 3 is 2.78 bits per heavy atom. The van der Waals surface area contributed by atoms with Gasteiger partial charge in [0.05, 0.1) is 25.2 Å². The number of aromatic amines is 1. The maximum atomic E-state index is 14.9. The van der Waals surface area contributed by atoms with Crippen LogP contribution in [0.1, 0.15) is 41.3 Å². The molecule has 0 spiro atoms. The molecule has 140 valence electrons. The lowest BCUT2D eigenvalue weighted by molar-refractivity contribution is 0.196. The monoisotopic (exact) mass is 367 g/mol. The number of nitrogens with one attached hydrogen (secondary N) is 1. The van der Waals surface area contributed by atoms with Gasteiger partial charge in [0, 0.05) is 61.2 Å². The molecule has 0 saturated heterocycles. The summed E-state index contributed by atoms with van der Waals surface area (Å²) in [6.07, 6.45) is 7.04. The summed E-state index contributed by atoms with van der Waals surface area (Å²) < 4.78 is 20.0. The van der Waals surface area contributed by atoms with Crippen molar-refractivity contribution in [3.8, 4) is 5.75 Å². The average Bonchev–Trinajstić information content (AvgIpc) is 3.17. The zero-order chi connectivity index (χ0) is 18.8. The van der Waals surface area contributed by atoms with Crippen molar-refractivity contribution in [2.24, 2.45) is 0 Å². The summed E-state index contributed by atoms with van der Waals surface area (Å²) in [5, 5.41) is 0. The van der Waals surface area contributed by atoms with Gasteiger partial charge in [0.1, 0.15) is 17.4 Å². The van der Waals surface area contributed by atoms with E-state index in [-0.39, 0.29) is 11.9 Å². The van der Waals surface area contributed by atoms with E-state index in [1.807, 2.05) is 19.3 Å². The molecule has 1 aliphatic heterocycles. The molecule has 0 saturated carbocycles. The zero-order valence-corrected chi connectivity index (χ0v) is 15.4. The second-order valence-corrected chi connectivity index (χ2v) is 6.64. The first kappa shape index (κ1) is 17.6. The summed E-state index contributed by atoms with van der Waals surface area (Å²) in [6.45, 7) is 3.45. The van der Waals surface area contributed by atoms with Crippen LogP contribution in [0.15, 0.2) is 36.9 Å². The number of benzene rings is 1. The molecule has 2 aromatic heterocycles. The van der Waals surface area contributed by atoms with Gasteiger partial charge in [-0.3, -0.25) is 4.90 Å². The van der Waals surface area contributed by atoms with Gasteiger partial charge in [-0.15, -0.1) is 0 Å². The van der Waals surface area contributed by atoms with Gasteiger partial charge in [0.25, 0.3) is 0 Å². The number of nitrogens with zero attached hydrogens (tertiary/aromatic N) is 4. The summed E-state index contributed by atoms with van der Waals surface area (Å²) in [6, 6.07) is 4.73. The van der Waals surface area contributed by atoms with Crippen molar-refractivity contribution < 1.29 is 9.13 Å². The molecule has 1 aromatic carbocycles. The number of imidazole rings is 1. The fourth-order valence-electron chi connectivity index (χ4n) is 3.58. The number of hydrogen-bond donors (Lipinski definition) is 1. The van der Waals surface area contributed by atoms with Crippen molar-refractivity contribution in [2.75, 3.05) is 13.7 Å². The summed E-state index contributed by atoms with van der Waals surface area (Å²) in [4.78, 5) is 18.7. The van der Waals surface area contributed by atoms with E-state index >= 15 is 0 Å². The lowest BCUT2D eigenvalue weighted by atomic mass is 9.94. The minimum absolute atomic E-state index is 0.267. The fraction of sp³-hybridized carbons (Fsp3) is 0.350. The predicted molar refractivity (Wildman–Crippen MR) is 98.9 cm³/mol. The quantitative estimate of drug-likeness (QED) is 0.751. The Hall–Kier alpha value is -2.80. The van der Waals surface area contributed by atoms with Crippen LogP contribution in [-0.2, 0) is 19.4 Å². The fourth-order valence-corrected chi connectivity index (χ4v) is 3.58. The van der Waals surface area contributed by atoms with Crippen molar-refractivity contribution in [3.63, 3.8) is 0 Å². The number of halogens is 1. The number of ether oxygens (including phenoxy) is 1. The molecule has 0 aliphatic carbocycles. The molecule has 0 bridgehead atoms. The number of aryl methyl sites for hydroxylation is 1. The van der Waals surface area contributed by atoms with Crippen LogP contribution >= 0.6 is 0 Å². The Balaban J connectivity index is 1.69. The third-order valence-electron chi connectivity index (χ3n) is 4.99. The largest absolute Gasteiger partial charge is 0.497 e. The van der Waals surface area contributed by atoms with Crippen LogP contribution < -0.4 is 4.74 Å². The highest BCUT2D eigenvalue weighted by molar-refractivity contribution is 5.37. The van der Waals surface area contributed by atoms with Crippen LogP contribution in [0.5, 0.6) is 5.75 Å². The number of rotatable bonds is 5. The smallest absolute Gasteiger partial charge is 0.132 e. The molecular weight excluding hydrogens is 345 g/mol. The maximum Gasteiger partial charge on any atom is 0.132 e. The van der Waals surface area contributed by atoms with E-state index in [1.165, 1.54) is 13.2 Å². The number of H-pyrrole nitrogens is 1. The molecule has 3 heterocycles. The lowest BCUT2D eigenvalue weighted by Crippen LogP contribution is -2.36. The SMILES string of the molecule is CCc1ncc(CN2CCc3[nH]cnc3[C@@H]2c2ccc(OC)cc2F)cn1. The molecule has 7 heteroatoms. The van der Waals surface area contributed by atoms with Gasteiger partial charge in [-0.2, -0.15) is 0 Å². The molecule has 27 heavy (non-hydrogen) atoms. The van der Waals surface area contributed by atoms with Crippen LogP contribution in [-0.4, -0.2) is 38.5 Å². The minimum Gasteiger partial charge on any atom is -0.497 e. The molecule has 1 atom stereocenters. The van der Waals surface area contributed by atoms with E-state index in [2.05, 4.69) is 24.8 Å². The maximum absolute atomic E-state index is 14.9. The first-order chi connectivity index (χ1) is 13.2. The van der Waals surface area contributed by atoms with Gasteiger partial charge in [-0.05, 0) is 6.07 Å². The molecule has 0 radical (unpaired) electrons. The highest BCUT2D eigenvalue weighted by atomic mass is 19.1. The normalized spacial score (nSPS) is 16.9. The zero-order valence-electron chi connectivity index (χ0n) is 15.4. The Morgan fingerprint density at radius 1 is 1.26 bits per heavy atom. The lowest BCUT2D eigenvalue weighted by Gasteiger charge is -2.35. The van der Waals surface area contributed by atoms with E-state index < -0.39 is 0 Å². The molecule has 0 fully saturated rings. The first-order valence-corrected chi connectivity index (χ1v) is 9.09. The van der Waals surface area contributed by atoms with Gasteiger partial charge < -0.3 is 9.72 Å². The third-order valence-corrected chi connectivity index (χ3v) is 4.99. The second-order valence-electron chi connectivity index (χ2n) is 6.64.